The zero-order chi connectivity index (χ0) is 21.0. The van der Waals surface area contributed by atoms with E-state index in [-0.39, 0.29) is 41.4 Å². The second-order valence-corrected chi connectivity index (χ2v) is 8.02. The Labute approximate surface area is 193 Å². The summed E-state index contributed by atoms with van der Waals surface area (Å²) in [6.45, 7) is 13.7. The minimum atomic E-state index is -0.388. The van der Waals surface area contributed by atoms with Crippen molar-refractivity contribution in [3.8, 4) is 5.75 Å². The highest BCUT2D eigenvalue weighted by atomic mass is 127. The van der Waals surface area contributed by atoms with Gasteiger partial charge in [0.15, 0.2) is 5.96 Å². The average molecular weight is 521 g/mol. The summed E-state index contributed by atoms with van der Waals surface area (Å²) >= 11 is 0. The van der Waals surface area contributed by atoms with Crippen molar-refractivity contribution in [2.75, 3.05) is 33.4 Å². The summed E-state index contributed by atoms with van der Waals surface area (Å²) < 4.78 is 10.6. The van der Waals surface area contributed by atoms with Gasteiger partial charge in [0.2, 0.25) is 0 Å². The third kappa shape index (κ3) is 11.1. The van der Waals surface area contributed by atoms with E-state index >= 15 is 0 Å². The lowest BCUT2D eigenvalue weighted by atomic mass is 9.81. The molecule has 0 saturated heterocycles. The number of aliphatic hydroxyl groups is 1. The van der Waals surface area contributed by atoms with Crippen LogP contribution in [0.15, 0.2) is 29.3 Å². The molecule has 0 fully saturated rings. The van der Waals surface area contributed by atoms with Crippen LogP contribution in [0.5, 0.6) is 5.75 Å². The summed E-state index contributed by atoms with van der Waals surface area (Å²) in [7, 11) is 1.66. The van der Waals surface area contributed by atoms with Crippen molar-refractivity contribution < 1.29 is 14.6 Å². The number of nitrogens with zero attached hydrogens (tertiary/aromatic N) is 1. The number of methoxy groups -OCH3 is 1. The number of benzene rings is 1. The Bertz CT molecular complexity index is 577. The van der Waals surface area contributed by atoms with Crippen LogP contribution >= 0.6 is 24.0 Å². The lowest BCUT2D eigenvalue weighted by Gasteiger charge is -2.33. The molecule has 1 unspecified atom stereocenters. The van der Waals surface area contributed by atoms with E-state index in [0.717, 1.165) is 43.5 Å². The third-order valence-corrected chi connectivity index (χ3v) is 4.68. The maximum Gasteiger partial charge on any atom is 0.191 e. The van der Waals surface area contributed by atoms with Gasteiger partial charge in [-0.2, -0.15) is 0 Å². The van der Waals surface area contributed by atoms with Gasteiger partial charge in [0, 0.05) is 31.7 Å². The van der Waals surface area contributed by atoms with Crippen LogP contribution in [-0.4, -0.2) is 50.6 Å². The molecule has 0 saturated carbocycles. The van der Waals surface area contributed by atoms with Crippen LogP contribution < -0.4 is 15.4 Å². The van der Waals surface area contributed by atoms with E-state index in [9.17, 15) is 5.11 Å². The summed E-state index contributed by atoms with van der Waals surface area (Å²) in [4.78, 5) is 4.71. The number of halogens is 1. The smallest absolute Gasteiger partial charge is 0.191 e. The molecule has 6 nitrogen and oxygen atoms in total. The minimum absolute atomic E-state index is 0. The molecule has 168 valence electrons. The van der Waals surface area contributed by atoms with Gasteiger partial charge in [-0.1, -0.05) is 39.8 Å². The molecule has 1 aromatic rings. The SMILES string of the molecule is CCOCCCNC(=NCc1ccc(OC)cc1)NCC(C)(C)C(O)C(C)C.I. The Morgan fingerprint density at radius 2 is 1.83 bits per heavy atom. The van der Waals surface area contributed by atoms with Gasteiger partial charge >= 0.3 is 0 Å². The van der Waals surface area contributed by atoms with Gasteiger partial charge in [0.1, 0.15) is 5.75 Å². The predicted molar refractivity (Wildman–Crippen MR) is 131 cm³/mol. The first kappa shape index (κ1) is 27.9. The van der Waals surface area contributed by atoms with E-state index < -0.39 is 0 Å². The molecular formula is C22H40IN3O3. The molecule has 0 aliphatic rings. The van der Waals surface area contributed by atoms with Crippen molar-refractivity contribution in [3.05, 3.63) is 29.8 Å². The van der Waals surface area contributed by atoms with Crippen molar-refractivity contribution >= 4 is 29.9 Å². The highest BCUT2D eigenvalue weighted by Gasteiger charge is 2.30. The van der Waals surface area contributed by atoms with Crippen LogP contribution in [-0.2, 0) is 11.3 Å². The molecule has 0 aromatic heterocycles. The number of aliphatic hydroxyl groups excluding tert-OH is 1. The molecule has 0 aliphatic carbocycles. The minimum Gasteiger partial charge on any atom is -0.497 e. The van der Waals surface area contributed by atoms with E-state index in [0.29, 0.717) is 13.1 Å². The molecular weight excluding hydrogens is 481 g/mol. The molecule has 1 aromatic carbocycles. The van der Waals surface area contributed by atoms with Crippen molar-refractivity contribution in [1.29, 1.82) is 0 Å². The molecule has 3 N–H and O–H groups in total. The van der Waals surface area contributed by atoms with E-state index in [1.807, 2.05) is 45.0 Å². The van der Waals surface area contributed by atoms with Gasteiger partial charge in [-0.15, -0.1) is 24.0 Å². The third-order valence-electron chi connectivity index (χ3n) is 4.68. The quantitative estimate of drug-likeness (QED) is 0.169. The predicted octanol–water partition coefficient (Wildman–Crippen LogP) is 3.82. The number of rotatable bonds is 12. The lowest BCUT2D eigenvalue weighted by molar-refractivity contribution is 0.0160. The molecule has 1 atom stereocenters. The summed E-state index contributed by atoms with van der Waals surface area (Å²) in [5.41, 5.74) is 0.847. The highest BCUT2D eigenvalue weighted by molar-refractivity contribution is 14.0. The van der Waals surface area contributed by atoms with Gasteiger partial charge in [0.25, 0.3) is 0 Å². The fraction of sp³-hybridized carbons (Fsp3) is 0.682. The first-order valence-electron chi connectivity index (χ1n) is 10.2. The van der Waals surface area contributed by atoms with Crippen LogP contribution in [0.4, 0.5) is 0 Å². The van der Waals surface area contributed by atoms with Crippen LogP contribution in [0.2, 0.25) is 0 Å². The summed E-state index contributed by atoms with van der Waals surface area (Å²) in [6.07, 6.45) is 0.524. The van der Waals surface area contributed by atoms with E-state index in [2.05, 4.69) is 24.5 Å². The number of nitrogens with one attached hydrogen (secondary N) is 2. The molecule has 1 rings (SSSR count). The molecule has 0 amide bonds. The van der Waals surface area contributed by atoms with Crippen LogP contribution in [0.1, 0.15) is 46.6 Å². The monoisotopic (exact) mass is 521 g/mol. The molecule has 0 bridgehead atoms. The second-order valence-electron chi connectivity index (χ2n) is 8.02. The van der Waals surface area contributed by atoms with Crippen molar-refractivity contribution in [1.82, 2.24) is 10.6 Å². The first-order valence-corrected chi connectivity index (χ1v) is 10.2. The first-order chi connectivity index (χ1) is 13.3. The Kier molecular flexibility index (Phi) is 14.3. The number of hydrogen-bond donors (Lipinski definition) is 3. The van der Waals surface area contributed by atoms with Gasteiger partial charge < -0.3 is 25.2 Å². The zero-order valence-corrected chi connectivity index (χ0v) is 21.2. The number of aliphatic imine (C=N–C) groups is 1. The summed E-state index contributed by atoms with van der Waals surface area (Å²) in [5.74, 6) is 1.79. The molecule has 0 heterocycles. The summed E-state index contributed by atoms with van der Waals surface area (Å²) in [6, 6.07) is 7.91. The molecule has 0 spiro atoms. The topological polar surface area (TPSA) is 75.1 Å². The number of guanidine groups is 1. The lowest BCUT2D eigenvalue weighted by Crippen LogP contribution is -2.47. The average Bonchev–Trinajstić information content (AvgIpc) is 2.68. The van der Waals surface area contributed by atoms with Crippen molar-refractivity contribution in [2.24, 2.45) is 16.3 Å². The van der Waals surface area contributed by atoms with Crippen molar-refractivity contribution in [3.63, 3.8) is 0 Å². The van der Waals surface area contributed by atoms with Crippen LogP contribution in [0.3, 0.4) is 0 Å². The largest absolute Gasteiger partial charge is 0.497 e. The Hall–Kier alpha value is -1.06. The van der Waals surface area contributed by atoms with Crippen LogP contribution in [0.25, 0.3) is 0 Å². The molecule has 0 aliphatic heterocycles. The van der Waals surface area contributed by atoms with Gasteiger partial charge in [0.05, 0.1) is 19.8 Å². The maximum absolute atomic E-state index is 10.5. The van der Waals surface area contributed by atoms with Crippen molar-refractivity contribution in [2.45, 2.75) is 53.7 Å². The Balaban J connectivity index is 0.00000784. The fourth-order valence-corrected chi connectivity index (χ4v) is 2.92. The van der Waals surface area contributed by atoms with Crippen LogP contribution in [0, 0.1) is 11.3 Å². The highest BCUT2D eigenvalue weighted by Crippen LogP contribution is 2.25. The standard InChI is InChI=1S/C22H39N3O3.HI/c1-7-28-14-8-13-23-21(25-16-22(4,5)20(26)17(2)3)24-15-18-9-11-19(27-6)12-10-18;/h9-12,17,20,26H,7-8,13-16H2,1-6H3,(H2,23,24,25);1H. The fourth-order valence-electron chi connectivity index (χ4n) is 2.92. The normalized spacial score (nSPS) is 13.0. The molecule has 29 heavy (non-hydrogen) atoms. The van der Waals surface area contributed by atoms with E-state index in [1.54, 1.807) is 7.11 Å². The van der Waals surface area contributed by atoms with Gasteiger partial charge in [-0.3, -0.25) is 0 Å². The van der Waals surface area contributed by atoms with Gasteiger partial charge in [-0.25, -0.2) is 4.99 Å². The Morgan fingerprint density at radius 1 is 1.17 bits per heavy atom. The number of ether oxygens (including phenoxy) is 2. The van der Waals surface area contributed by atoms with Gasteiger partial charge in [-0.05, 0) is 37.0 Å². The molecule has 0 radical (unpaired) electrons. The zero-order valence-electron chi connectivity index (χ0n) is 18.8. The Morgan fingerprint density at radius 3 is 2.38 bits per heavy atom. The van der Waals surface area contributed by atoms with E-state index in [1.165, 1.54) is 0 Å². The second kappa shape index (κ2) is 14.8. The molecule has 7 heteroatoms. The maximum atomic E-state index is 10.5. The number of hydrogen-bond acceptors (Lipinski definition) is 4. The summed E-state index contributed by atoms with van der Waals surface area (Å²) in [5, 5.41) is 17.2. The van der Waals surface area contributed by atoms with E-state index in [4.69, 9.17) is 14.5 Å².